The lowest BCUT2D eigenvalue weighted by Crippen LogP contribution is -2.27. The van der Waals surface area contributed by atoms with E-state index >= 15 is 0 Å². The molecule has 0 unspecified atom stereocenters. The summed E-state index contributed by atoms with van der Waals surface area (Å²) in [7, 11) is 0. The maximum absolute atomic E-state index is 11.6. The molecule has 0 atom stereocenters. The third kappa shape index (κ3) is 5.02. The molecule has 6 nitrogen and oxygen atoms in total. The van der Waals surface area contributed by atoms with Crippen molar-refractivity contribution in [3.05, 3.63) is 62.8 Å². The van der Waals surface area contributed by atoms with Gasteiger partial charge in [-0.15, -0.1) is 0 Å². The Morgan fingerprint density at radius 1 is 1.23 bits per heavy atom. The highest BCUT2D eigenvalue weighted by atomic mass is 32.1. The van der Waals surface area contributed by atoms with Gasteiger partial charge in [0.15, 0.2) is 0 Å². The Kier molecular flexibility index (Phi) is 5.67. The Balaban J connectivity index is 1.68. The van der Waals surface area contributed by atoms with Gasteiger partial charge in [-0.3, -0.25) is 14.9 Å². The van der Waals surface area contributed by atoms with Gasteiger partial charge in [-0.05, 0) is 40.6 Å². The Morgan fingerprint density at radius 2 is 2.00 bits per heavy atom. The molecular formula is C15H15N3O3S. The van der Waals surface area contributed by atoms with Crippen LogP contribution >= 0.6 is 11.3 Å². The molecule has 2 rings (SSSR count). The molecule has 0 fully saturated rings. The molecular weight excluding hydrogens is 302 g/mol. The van der Waals surface area contributed by atoms with Gasteiger partial charge in [-0.1, -0.05) is 0 Å². The maximum Gasteiger partial charge on any atom is 0.269 e. The van der Waals surface area contributed by atoms with Crippen LogP contribution in [0.3, 0.4) is 0 Å². The Morgan fingerprint density at radius 3 is 2.64 bits per heavy atom. The predicted molar refractivity (Wildman–Crippen MR) is 87.9 cm³/mol. The number of anilines is 1. The summed E-state index contributed by atoms with van der Waals surface area (Å²) in [6.07, 6.45) is 3.25. The number of amides is 1. The normalized spacial score (nSPS) is 10.5. The van der Waals surface area contributed by atoms with E-state index in [0.717, 1.165) is 11.3 Å². The van der Waals surface area contributed by atoms with Crippen LogP contribution in [-0.2, 0) is 4.79 Å². The number of thiophene rings is 1. The highest BCUT2D eigenvalue weighted by molar-refractivity contribution is 7.08. The minimum Gasteiger partial charge on any atom is -0.383 e. The summed E-state index contributed by atoms with van der Waals surface area (Å²) in [5.41, 5.74) is 1.83. The second-order valence-corrected chi connectivity index (χ2v) is 5.19. The zero-order chi connectivity index (χ0) is 15.8. The molecule has 1 aromatic carbocycles. The van der Waals surface area contributed by atoms with E-state index < -0.39 is 4.92 Å². The smallest absolute Gasteiger partial charge is 0.269 e. The molecule has 0 saturated heterocycles. The van der Waals surface area contributed by atoms with E-state index in [1.807, 2.05) is 16.8 Å². The van der Waals surface area contributed by atoms with Gasteiger partial charge >= 0.3 is 0 Å². The number of nitrogens with zero attached hydrogens (tertiary/aromatic N) is 1. The number of non-ortho nitro benzene ring substituents is 1. The van der Waals surface area contributed by atoms with Crippen molar-refractivity contribution < 1.29 is 9.72 Å². The molecule has 1 heterocycles. The molecule has 0 aliphatic rings. The SMILES string of the molecule is O=C(/C=C/c1ccsc1)NCCNc1ccc([N+](=O)[O-])cc1. The first-order chi connectivity index (χ1) is 10.6. The van der Waals surface area contributed by atoms with Crippen molar-refractivity contribution in [2.45, 2.75) is 0 Å². The molecule has 0 bridgehead atoms. The van der Waals surface area contributed by atoms with Gasteiger partial charge in [0.25, 0.3) is 5.69 Å². The second-order valence-electron chi connectivity index (χ2n) is 4.41. The minimum absolute atomic E-state index is 0.0532. The quantitative estimate of drug-likeness (QED) is 0.356. The van der Waals surface area contributed by atoms with Gasteiger partial charge in [0.05, 0.1) is 4.92 Å². The van der Waals surface area contributed by atoms with Crippen LogP contribution in [-0.4, -0.2) is 23.9 Å². The molecule has 1 aromatic heterocycles. The molecule has 2 N–H and O–H groups in total. The lowest BCUT2D eigenvalue weighted by Gasteiger charge is -2.06. The highest BCUT2D eigenvalue weighted by Crippen LogP contribution is 2.14. The van der Waals surface area contributed by atoms with Crippen LogP contribution in [0.25, 0.3) is 6.08 Å². The van der Waals surface area contributed by atoms with Crippen LogP contribution in [0.1, 0.15) is 5.56 Å². The number of carbonyl (C=O) groups is 1. The number of rotatable bonds is 7. The zero-order valence-corrected chi connectivity index (χ0v) is 12.5. The summed E-state index contributed by atoms with van der Waals surface area (Å²) in [5.74, 6) is -0.156. The fourth-order valence-electron chi connectivity index (χ4n) is 1.69. The molecule has 1 amide bonds. The monoisotopic (exact) mass is 317 g/mol. The van der Waals surface area contributed by atoms with Gasteiger partial charge in [-0.2, -0.15) is 11.3 Å². The fraction of sp³-hybridized carbons (Fsp3) is 0.133. The summed E-state index contributed by atoms with van der Waals surface area (Å²) >= 11 is 1.58. The van der Waals surface area contributed by atoms with Crippen molar-refractivity contribution in [2.24, 2.45) is 0 Å². The lowest BCUT2D eigenvalue weighted by atomic mass is 10.3. The predicted octanol–water partition coefficient (Wildman–Crippen LogP) is 2.90. The molecule has 0 saturated carbocycles. The van der Waals surface area contributed by atoms with Gasteiger partial charge in [0.2, 0.25) is 5.91 Å². The van der Waals surface area contributed by atoms with Crippen molar-refractivity contribution >= 4 is 34.7 Å². The average molecular weight is 317 g/mol. The Bertz CT molecular complexity index is 651. The molecule has 0 aliphatic carbocycles. The highest BCUT2D eigenvalue weighted by Gasteiger charge is 2.03. The summed E-state index contributed by atoms with van der Waals surface area (Å²) in [4.78, 5) is 21.7. The molecule has 7 heteroatoms. The van der Waals surface area contributed by atoms with Crippen molar-refractivity contribution in [1.29, 1.82) is 0 Å². The van der Waals surface area contributed by atoms with Gasteiger partial charge < -0.3 is 10.6 Å². The maximum atomic E-state index is 11.6. The zero-order valence-electron chi connectivity index (χ0n) is 11.7. The topological polar surface area (TPSA) is 84.3 Å². The Hall–Kier alpha value is -2.67. The van der Waals surface area contributed by atoms with Crippen molar-refractivity contribution in [3.8, 4) is 0 Å². The summed E-state index contributed by atoms with van der Waals surface area (Å²) < 4.78 is 0. The molecule has 0 spiro atoms. The molecule has 0 radical (unpaired) electrons. The molecule has 2 aromatic rings. The number of nitro groups is 1. The molecule has 0 aliphatic heterocycles. The van der Waals surface area contributed by atoms with E-state index in [4.69, 9.17) is 0 Å². The third-order valence-corrected chi connectivity index (χ3v) is 3.50. The van der Waals surface area contributed by atoms with Crippen LogP contribution in [0.5, 0.6) is 0 Å². The first-order valence-electron chi connectivity index (χ1n) is 6.61. The number of nitro benzene ring substituents is 1. The number of hydrogen-bond acceptors (Lipinski definition) is 5. The van der Waals surface area contributed by atoms with Gasteiger partial charge in [0.1, 0.15) is 0 Å². The summed E-state index contributed by atoms with van der Waals surface area (Å²) in [5, 5.41) is 20.3. The van der Waals surface area contributed by atoms with E-state index in [-0.39, 0.29) is 11.6 Å². The number of carbonyl (C=O) groups excluding carboxylic acids is 1. The van der Waals surface area contributed by atoms with E-state index in [9.17, 15) is 14.9 Å². The lowest BCUT2D eigenvalue weighted by molar-refractivity contribution is -0.384. The van der Waals surface area contributed by atoms with Crippen molar-refractivity contribution in [2.75, 3.05) is 18.4 Å². The van der Waals surface area contributed by atoms with Gasteiger partial charge in [0, 0.05) is 37.0 Å². The van der Waals surface area contributed by atoms with E-state index in [0.29, 0.717) is 13.1 Å². The van der Waals surface area contributed by atoms with Crippen LogP contribution in [0.15, 0.2) is 47.2 Å². The first kappa shape index (κ1) is 15.7. The van der Waals surface area contributed by atoms with E-state index in [1.165, 1.54) is 18.2 Å². The third-order valence-electron chi connectivity index (χ3n) is 2.80. The van der Waals surface area contributed by atoms with E-state index in [1.54, 1.807) is 29.5 Å². The van der Waals surface area contributed by atoms with Crippen LogP contribution in [0.4, 0.5) is 11.4 Å². The number of hydrogen-bond donors (Lipinski definition) is 2. The van der Waals surface area contributed by atoms with E-state index in [2.05, 4.69) is 10.6 Å². The van der Waals surface area contributed by atoms with Crippen LogP contribution in [0.2, 0.25) is 0 Å². The van der Waals surface area contributed by atoms with Crippen molar-refractivity contribution in [3.63, 3.8) is 0 Å². The van der Waals surface area contributed by atoms with Gasteiger partial charge in [-0.25, -0.2) is 0 Å². The summed E-state index contributed by atoms with van der Waals surface area (Å²) in [6, 6.07) is 8.08. The Labute approximate surface area is 131 Å². The fourth-order valence-corrected chi connectivity index (χ4v) is 2.32. The number of nitrogens with one attached hydrogen (secondary N) is 2. The van der Waals surface area contributed by atoms with Crippen LogP contribution < -0.4 is 10.6 Å². The molecule has 114 valence electrons. The minimum atomic E-state index is -0.441. The van der Waals surface area contributed by atoms with Crippen molar-refractivity contribution in [1.82, 2.24) is 5.32 Å². The second kappa shape index (κ2) is 7.94. The molecule has 22 heavy (non-hydrogen) atoms. The standard InChI is InChI=1S/C15H15N3O3S/c19-15(6-1-12-7-10-22-11-12)17-9-8-16-13-2-4-14(5-3-13)18(20)21/h1-7,10-11,16H,8-9H2,(H,17,19)/b6-1+. The average Bonchev–Trinajstić information content (AvgIpc) is 3.03. The largest absolute Gasteiger partial charge is 0.383 e. The first-order valence-corrected chi connectivity index (χ1v) is 7.56. The number of benzene rings is 1. The summed E-state index contributed by atoms with van der Waals surface area (Å²) in [6.45, 7) is 1.000. The van der Waals surface area contributed by atoms with Crippen LogP contribution in [0, 0.1) is 10.1 Å².